The number of nitrogens with one attached hydrogen (secondary N) is 2. The van der Waals surface area contributed by atoms with Crippen LogP contribution < -0.4 is 15.6 Å². The summed E-state index contributed by atoms with van der Waals surface area (Å²) in [5.41, 5.74) is 5.91. The highest BCUT2D eigenvalue weighted by atomic mass is 16.2. The Morgan fingerprint density at radius 2 is 2.20 bits per heavy atom. The van der Waals surface area contributed by atoms with E-state index >= 15 is 0 Å². The number of hydrogen-bond acceptors (Lipinski definition) is 4. The number of rotatable bonds is 2. The van der Waals surface area contributed by atoms with E-state index < -0.39 is 0 Å². The second-order valence-electron chi connectivity index (χ2n) is 5.06. The van der Waals surface area contributed by atoms with Crippen LogP contribution in [0.5, 0.6) is 0 Å². The first-order chi connectivity index (χ1) is 9.63. The second kappa shape index (κ2) is 4.96. The number of anilines is 2. The predicted molar refractivity (Wildman–Crippen MR) is 76.9 cm³/mol. The molecule has 0 fully saturated rings. The average Bonchev–Trinajstić information content (AvgIpc) is 2.81. The molecule has 1 aromatic rings. The molecule has 2 heterocycles. The van der Waals surface area contributed by atoms with E-state index in [2.05, 4.69) is 27.8 Å². The van der Waals surface area contributed by atoms with Gasteiger partial charge in [0.2, 0.25) is 5.91 Å². The highest BCUT2D eigenvalue weighted by Gasteiger charge is 2.20. The fourth-order valence-corrected chi connectivity index (χ4v) is 2.49. The van der Waals surface area contributed by atoms with E-state index in [9.17, 15) is 9.59 Å². The number of benzene rings is 1. The van der Waals surface area contributed by atoms with E-state index in [1.165, 1.54) is 11.3 Å². The van der Waals surface area contributed by atoms with Gasteiger partial charge >= 0.3 is 0 Å². The zero-order valence-electron chi connectivity index (χ0n) is 11.3. The fraction of sp³-hybridized carbons (Fsp3) is 0.357. The van der Waals surface area contributed by atoms with Crippen LogP contribution in [0.4, 0.5) is 11.4 Å². The van der Waals surface area contributed by atoms with Gasteiger partial charge in [-0.15, -0.1) is 0 Å². The maximum absolute atomic E-state index is 12.0. The summed E-state index contributed by atoms with van der Waals surface area (Å²) in [4.78, 5) is 25.2. The van der Waals surface area contributed by atoms with Crippen LogP contribution in [-0.2, 0) is 16.0 Å². The van der Waals surface area contributed by atoms with Gasteiger partial charge in [-0.1, -0.05) is 0 Å². The first kappa shape index (κ1) is 12.7. The number of amides is 2. The molecule has 0 radical (unpaired) electrons. The highest BCUT2D eigenvalue weighted by Crippen LogP contribution is 2.29. The molecular weight excluding hydrogens is 256 g/mol. The molecule has 0 aliphatic carbocycles. The van der Waals surface area contributed by atoms with Crippen LogP contribution in [0, 0.1) is 0 Å². The summed E-state index contributed by atoms with van der Waals surface area (Å²) >= 11 is 0. The average molecular weight is 272 g/mol. The molecule has 2 aliphatic rings. The minimum absolute atomic E-state index is 0.151. The maximum atomic E-state index is 12.0. The van der Waals surface area contributed by atoms with Crippen molar-refractivity contribution in [2.75, 3.05) is 23.8 Å². The standard InChI is InChI=1S/C14H16N4O2/c1-18-7-6-9-8-10(2-4-12(9)18)15-14(20)11-3-5-13(19)17-16-11/h2,4,8H,3,5-7H2,1H3,(H,15,20)(H,17,19). The van der Waals surface area contributed by atoms with Gasteiger partial charge in [0.25, 0.3) is 5.91 Å². The molecule has 6 nitrogen and oxygen atoms in total. The molecule has 1 aromatic carbocycles. The van der Waals surface area contributed by atoms with Crippen molar-refractivity contribution in [3.63, 3.8) is 0 Å². The Kier molecular flexibility index (Phi) is 3.14. The monoisotopic (exact) mass is 272 g/mol. The van der Waals surface area contributed by atoms with Crippen molar-refractivity contribution < 1.29 is 9.59 Å². The molecule has 0 bridgehead atoms. The van der Waals surface area contributed by atoms with Gasteiger partial charge in [0, 0.05) is 37.8 Å². The van der Waals surface area contributed by atoms with E-state index in [1.54, 1.807) is 0 Å². The van der Waals surface area contributed by atoms with Crippen LogP contribution in [-0.4, -0.2) is 31.1 Å². The summed E-state index contributed by atoms with van der Waals surface area (Å²) in [5, 5.41) is 6.62. The molecule has 3 rings (SSSR count). The van der Waals surface area contributed by atoms with Crippen molar-refractivity contribution in [3.05, 3.63) is 23.8 Å². The summed E-state index contributed by atoms with van der Waals surface area (Å²) in [5.74, 6) is -0.404. The van der Waals surface area contributed by atoms with Crippen LogP contribution in [0.15, 0.2) is 23.3 Å². The Bertz CT molecular complexity index is 609. The van der Waals surface area contributed by atoms with Gasteiger partial charge in [0.05, 0.1) is 0 Å². The van der Waals surface area contributed by atoms with Crippen molar-refractivity contribution in [2.45, 2.75) is 19.3 Å². The molecule has 2 amide bonds. The lowest BCUT2D eigenvalue weighted by atomic mass is 10.1. The largest absolute Gasteiger partial charge is 0.374 e. The van der Waals surface area contributed by atoms with E-state index in [4.69, 9.17) is 0 Å². The number of nitrogens with zero attached hydrogens (tertiary/aromatic N) is 2. The number of hydrazone groups is 1. The summed E-state index contributed by atoms with van der Waals surface area (Å²) in [6.07, 6.45) is 1.68. The summed E-state index contributed by atoms with van der Waals surface area (Å²) in [6, 6.07) is 5.90. The lowest BCUT2D eigenvalue weighted by Crippen LogP contribution is -2.32. The Hall–Kier alpha value is -2.37. The van der Waals surface area contributed by atoms with Gasteiger partial charge in [-0.3, -0.25) is 9.59 Å². The van der Waals surface area contributed by atoms with Gasteiger partial charge in [-0.05, 0) is 30.2 Å². The first-order valence-electron chi connectivity index (χ1n) is 6.64. The zero-order valence-corrected chi connectivity index (χ0v) is 11.3. The van der Waals surface area contributed by atoms with Crippen molar-refractivity contribution in [2.24, 2.45) is 5.10 Å². The van der Waals surface area contributed by atoms with Gasteiger partial charge in [-0.25, -0.2) is 5.43 Å². The van der Waals surface area contributed by atoms with Gasteiger partial charge < -0.3 is 10.2 Å². The Morgan fingerprint density at radius 1 is 1.35 bits per heavy atom. The highest BCUT2D eigenvalue weighted by molar-refractivity contribution is 6.43. The second-order valence-corrected chi connectivity index (χ2v) is 5.06. The Labute approximate surface area is 116 Å². The van der Waals surface area contributed by atoms with Crippen molar-refractivity contribution >= 4 is 28.9 Å². The van der Waals surface area contributed by atoms with E-state index in [0.29, 0.717) is 18.6 Å². The normalized spacial score (nSPS) is 17.4. The molecule has 0 unspecified atom stereocenters. The number of fused-ring (bicyclic) bond motifs is 1. The first-order valence-corrected chi connectivity index (χ1v) is 6.64. The smallest absolute Gasteiger partial charge is 0.271 e. The molecule has 0 aromatic heterocycles. The minimum Gasteiger partial charge on any atom is -0.374 e. The molecule has 2 N–H and O–H groups in total. The Balaban J connectivity index is 1.72. The summed E-state index contributed by atoms with van der Waals surface area (Å²) < 4.78 is 0. The van der Waals surface area contributed by atoms with Gasteiger partial charge in [-0.2, -0.15) is 5.10 Å². The zero-order chi connectivity index (χ0) is 14.1. The van der Waals surface area contributed by atoms with Crippen molar-refractivity contribution in [1.82, 2.24) is 5.43 Å². The number of carbonyl (C=O) groups excluding carboxylic acids is 2. The topological polar surface area (TPSA) is 73.8 Å². The third kappa shape index (κ3) is 2.36. The van der Waals surface area contributed by atoms with Gasteiger partial charge in [0.1, 0.15) is 5.71 Å². The van der Waals surface area contributed by atoms with Crippen molar-refractivity contribution in [3.8, 4) is 0 Å². The summed E-state index contributed by atoms with van der Waals surface area (Å²) in [6.45, 7) is 1.01. The predicted octanol–water partition coefficient (Wildman–Crippen LogP) is 0.883. The molecule has 6 heteroatoms. The third-order valence-electron chi connectivity index (χ3n) is 3.63. The number of likely N-dealkylation sites (N-methyl/N-ethyl adjacent to an activating group) is 1. The van der Waals surface area contributed by atoms with Crippen LogP contribution in [0.3, 0.4) is 0 Å². The fourth-order valence-electron chi connectivity index (χ4n) is 2.49. The van der Waals surface area contributed by atoms with E-state index in [0.717, 1.165) is 18.7 Å². The molecule has 0 atom stereocenters. The van der Waals surface area contributed by atoms with Crippen LogP contribution in [0.1, 0.15) is 18.4 Å². The van der Waals surface area contributed by atoms with E-state index in [-0.39, 0.29) is 11.8 Å². The molecule has 0 saturated heterocycles. The lowest BCUT2D eigenvalue weighted by Gasteiger charge is -2.14. The van der Waals surface area contributed by atoms with Crippen LogP contribution in [0.2, 0.25) is 0 Å². The maximum Gasteiger partial charge on any atom is 0.271 e. The molecule has 0 spiro atoms. The van der Waals surface area contributed by atoms with Gasteiger partial charge in [0.15, 0.2) is 0 Å². The third-order valence-corrected chi connectivity index (χ3v) is 3.63. The molecule has 0 saturated carbocycles. The SMILES string of the molecule is CN1CCc2cc(NC(=O)C3=NNC(=O)CC3)ccc21. The van der Waals surface area contributed by atoms with E-state index in [1.807, 2.05) is 18.2 Å². The quantitative estimate of drug-likeness (QED) is 0.839. The van der Waals surface area contributed by atoms with Crippen LogP contribution >= 0.6 is 0 Å². The number of hydrogen-bond donors (Lipinski definition) is 2. The molecule has 2 aliphatic heterocycles. The molecule has 20 heavy (non-hydrogen) atoms. The molecule has 104 valence electrons. The summed E-state index contributed by atoms with van der Waals surface area (Å²) in [7, 11) is 2.06. The van der Waals surface area contributed by atoms with Crippen molar-refractivity contribution in [1.29, 1.82) is 0 Å². The minimum atomic E-state index is -0.253. The number of carbonyl (C=O) groups is 2. The van der Waals surface area contributed by atoms with Crippen LogP contribution in [0.25, 0.3) is 0 Å². The Morgan fingerprint density at radius 3 is 2.95 bits per heavy atom. The lowest BCUT2D eigenvalue weighted by molar-refractivity contribution is -0.121. The molecular formula is C14H16N4O2.